The Morgan fingerprint density at radius 2 is 1.84 bits per heavy atom. The van der Waals surface area contributed by atoms with Gasteiger partial charge in [0.2, 0.25) is 0 Å². The van der Waals surface area contributed by atoms with E-state index in [9.17, 15) is 14.0 Å². The minimum absolute atomic E-state index is 0.134. The number of carbonyl (C=O) groups is 2. The average Bonchev–Trinajstić information content (AvgIpc) is 2.71. The second-order valence-electron chi connectivity index (χ2n) is 8.52. The number of unbranched alkanes of at least 4 members (excludes halogenated alkanes) is 1. The first-order chi connectivity index (χ1) is 15.1. The summed E-state index contributed by atoms with van der Waals surface area (Å²) < 4.78 is 30.2. The molecular weight excluding hydrogens is 413 g/mol. The van der Waals surface area contributed by atoms with Gasteiger partial charge in [0.05, 0.1) is 19.3 Å². The second kappa shape index (κ2) is 11.0. The van der Waals surface area contributed by atoms with Gasteiger partial charge in [0.25, 0.3) is 0 Å². The molecule has 174 valence electrons. The van der Waals surface area contributed by atoms with Crippen LogP contribution in [0.1, 0.15) is 62.0 Å². The van der Waals surface area contributed by atoms with E-state index in [1.54, 1.807) is 27.7 Å². The van der Waals surface area contributed by atoms with Crippen molar-refractivity contribution in [2.75, 3.05) is 13.7 Å². The van der Waals surface area contributed by atoms with Gasteiger partial charge in [-0.15, -0.1) is 0 Å². The van der Waals surface area contributed by atoms with Gasteiger partial charge in [-0.25, -0.2) is 14.0 Å². The van der Waals surface area contributed by atoms with Crippen molar-refractivity contribution < 1.29 is 28.2 Å². The highest BCUT2D eigenvalue weighted by Crippen LogP contribution is 2.31. The molecule has 2 aromatic rings. The average molecular weight is 446 g/mol. The number of aryl methyl sites for hydroxylation is 1. The van der Waals surface area contributed by atoms with Crippen LogP contribution in [0.2, 0.25) is 0 Å². The van der Waals surface area contributed by atoms with Gasteiger partial charge in [-0.3, -0.25) is 0 Å². The Kier molecular flexibility index (Phi) is 8.63. The lowest BCUT2D eigenvalue weighted by Crippen LogP contribution is -2.32. The molecule has 0 spiro atoms. The summed E-state index contributed by atoms with van der Waals surface area (Å²) in [6.45, 7) is 9.97. The Morgan fingerprint density at radius 1 is 1.12 bits per heavy atom. The predicted octanol–water partition coefficient (Wildman–Crippen LogP) is 5.79. The van der Waals surface area contributed by atoms with Crippen molar-refractivity contribution in [3.8, 4) is 16.9 Å². The van der Waals surface area contributed by atoms with Crippen LogP contribution < -0.4 is 10.1 Å². The molecule has 1 N–H and O–H groups in total. The van der Waals surface area contributed by atoms with E-state index in [-0.39, 0.29) is 12.1 Å². The number of methoxy groups -OCH3 is 1. The molecule has 0 aliphatic rings. The highest BCUT2D eigenvalue weighted by Gasteiger charge is 2.19. The molecule has 2 aromatic carbocycles. The zero-order valence-corrected chi connectivity index (χ0v) is 19.6. The van der Waals surface area contributed by atoms with E-state index in [2.05, 4.69) is 17.0 Å². The minimum Gasteiger partial charge on any atom is -0.493 e. The monoisotopic (exact) mass is 445 g/mol. The summed E-state index contributed by atoms with van der Waals surface area (Å²) in [6.07, 6.45) is 1.36. The van der Waals surface area contributed by atoms with Crippen LogP contribution in [0.15, 0.2) is 30.3 Å². The number of amides is 1. The molecule has 0 aliphatic heterocycles. The normalized spacial score (nSPS) is 11.1. The number of nitrogens with one attached hydrogen (secondary N) is 1. The summed E-state index contributed by atoms with van der Waals surface area (Å²) in [5.41, 5.74) is 2.11. The molecule has 32 heavy (non-hydrogen) atoms. The van der Waals surface area contributed by atoms with E-state index in [0.29, 0.717) is 23.5 Å². The smallest absolute Gasteiger partial charge is 0.407 e. The molecule has 7 heteroatoms. The van der Waals surface area contributed by atoms with E-state index >= 15 is 0 Å². The highest BCUT2D eigenvalue weighted by atomic mass is 19.1. The zero-order chi connectivity index (χ0) is 23.9. The molecule has 0 fully saturated rings. The number of halogens is 1. The molecule has 0 aromatic heterocycles. The second-order valence-corrected chi connectivity index (χ2v) is 8.52. The number of rotatable bonds is 8. The summed E-state index contributed by atoms with van der Waals surface area (Å²) in [5, 5.41) is 2.75. The number of carbonyl (C=O) groups excluding carboxylic acids is 2. The van der Waals surface area contributed by atoms with Crippen molar-refractivity contribution in [3.05, 3.63) is 52.8 Å². The Labute approximate surface area is 189 Å². The minimum atomic E-state index is -0.741. The van der Waals surface area contributed by atoms with Crippen molar-refractivity contribution >= 4 is 12.1 Å². The first-order valence-electron chi connectivity index (χ1n) is 10.7. The topological polar surface area (TPSA) is 73.9 Å². The van der Waals surface area contributed by atoms with Gasteiger partial charge in [0.15, 0.2) is 0 Å². The number of ether oxygens (including phenoxy) is 3. The van der Waals surface area contributed by atoms with Crippen LogP contribution in [-0.2, 0) is 16.0 Å². The maximum Gasteiger partial charge on any atom is 0.407 e. The lowest BCUT2D eigenvalue weighted by molar-refractivity contribution is 0.0521. The molecule has 6 nitrogen and oxygen atoms in total. The molecule has 0 aliphatic carbocycles. The number of alkyl carbamates (subject to hydrolysis) is 1. The van der Waals surface area contributed by atoms with E-state index < -0.39 is 23.5 Å². The maximum atomic E-state index is 14.3. The van der Waals surface area contributed by atoms with Crippen LogP contribution >= 0.6 is 0 Å². The number of esters is 1. The molecule has 0 unspecified atom stereocenters. The van der Waals surface area contributed by atoms with Crippen LogP contribution in [0.3, 0.4) is 0 Å². The maximum absolute atomic E-state index is 14.3. The largest absolute Gasteiger partial charge is 0.493 e. The Morgan fingerprint density at radius 3 is 2.47 bits per heavy atom. The van der Waals surface area contributed by atoms with E-state index in [1.807, 2.05) is 18.2 Å². The predicted molar refractivity (Wildman–Crippen MR) is 121 cm³/mol. The zero-order valence-electron chi connectivity index (χ0n) is 19.6. The van der Waals surface area contributed by atoms with Crippen LogP contribution in [0.4, 0.5) is 9.18 Å². The summed E-state index contributed by atoms with van der Waals surface area (Å²) in [4.78, 5) is 24.1. The third-order valence-corrected chi connectivity index (χ3v) is 4.67. The number of hydrogen-bond donors (Lipinski definition) is 1. The highest BCUT2D eigenvalue weighted by molar-refractivity contribution is 5.91. The molecule has 2 rings (SSSR count). The Balaban J connectivity index is 2.40. The standard InChI is InChI=1S/C25H32FNO5/c1-7-8-11-31-22-10-9-17(13-18(22)15-27-24(29)32-25(3,4)5)19-14-20(23(28)30-6)21(26)12-16(19)2/h9-10,12-14H,7-8,11,15H2,1-6H3,(H,27,29). The third-order valence-electron chi connectivity index (χ3n) is 4.67. The van der Waals surface area contributed by atoms with Gasteiger partial charge in [0, 0.05) is 12.1 Å². The number of hydrogen-bond acceptors (Lipinski definition) is 5. The fraction of sp³-hybridized carbons (Fsp3) is 0.440. The lowest BCUT2D eigenvalue weighted by atomic mass is 9.96. The third kappa shape index (κ3) is 6.97. The molecular formula is C25H32FNO5. The number of benzene rings is 2. The molecule has 1 amide bonds. The van der Waals surface area contributed by atoms with Gasteiger partial charge in [0.1, 0.15) is 17.2 Å². The molecule has 0 saturated carbocycles. The molecule has 0 radical (unpaired) electrons. The van der Waals surface area contributed by atoms with Gasteiger partial charge in [-0.05, 0) is 75.1 Å². The van der Waals surface area contributed by atoms with Crippen molar-refractivity contribution in [2.45, 2.75) is 59.6 Å². The molecule has 0 saturated heterocycles. The Hall–Kier alpha value is -3.09. The van der Waals surface area contributed by atoms with Gasteiger partial charge < -0.3 is 19.5 Å². The molecule has 0 atom stereocenters. The van der Waals surface area contributed by atoms with Crippen molar-refractivity contribution in [1.82, 2.24) is 5.32 Å². The molecule has 0 bridgehead atoms. The van der Waals surface area contributed by atoms with Crippen molar-refractivity contribution in [1.29, 1.82) is 0 Å². The quantitative estimate of drug-likeness (QED) is 0.411. The lowest BCUT2D eigenvalue weighted by Gasteiger charge is -2.20. The van der Waals surface area contributed by atoms with Crippen LogP contribution in [0, 0.1) is 12.7 Å². The summed E-state index contributed by atoms with van der Waals surface area (Å²) in [6, 6.07) is 8.32. The van der Waals surface area contributed by atoms with Crippen molar-refractivity contribution in [2.24, 2.45) is 0 Å². The van der Waals surface area contributed by atoms with Gasteiger partial charge in [-0.1, -0.05) is 19.4 Å². The summed E-state index contributed by atoms with van der Waals surface area (Å²) in [5.74, 6) is -0.731. The first kappa shape index (κ1) is 25.2. The van der Waals surface area contributed by atoms with Crippen LogP contribution in [-0.4, -0.2) is 31.4 Å². The van der Waals surface area contributed by atoms with Crippen LogP contribution in [0.25, 0.3) is 11.1 Å². The first-order valence-corrected chi connectivity index (χ1v) is 10.7. The fourth-order valence-electron chi connectivity index (χ4n) is 3.08. The summed E-state index contributed by atoms with van der Waals surface area (Å²) >= 11 is 0. The Bertz CT molecular complexity index is 966. The van der Waals surface area contributed by atoms with Crippen molar-refractivity contribution in [3.63, 3.8) is 0 Å². The summed E-state index contributed by atoms with van der Waals surface area (Å²) in [7, 11) is 1.21. The van der Waals surface area contributed by atoms with E-state index in [1.165, 1.54) is 19.2 Å². The SMILES string of the molecule is CCCCOc1ccc(-c2cc(C(=O)OC)c(F)cc2C)cc1CNC(=O)OC(C)(C)C. The van der Waals surface area contributed by atoms with E-state index in [0.717, 1.165) is 24.0 Å². The van der Waals surface area contributed by atoms with E-state index in [4.69, 9.17) is 9.47 Å². The molecule has 0 heterocycles. The van der Waals surface area contributed by atoms with Gasteiger partial charge >= 0.3 is 12.1 Å². The fourth-order valence-corrected chi connectivity index (χ4v) is 3.08. The van der Waals surface area contributed by atoms with Crippen LogP contribution in [0.5, 0.6) is 5.75 Å². The van der Waals surface area contributed by atoms with Gasteiger partial charge in [-0.2, -0.15) is 0 Å².